The molecule has 0 radical (unpaired) electrons. The molecule has 0 fully saturated rings. The highest BCUT2D eigenvalue weighted by Gasteiger charge is 2.28. The molecule has 0 aliphatic rings. The Morgan fingerprint density at radius 3 is 2.26 bits per heavy atom. The fourth-order valence-electron chi connectivity index (χ4n) is 5.15. The van der Waals surface area contributed by atoms with Gasteiger partial charge in [-0.05, 0) is 67.7 Å². The van der Waals surface area contributed by atoms with Crippen LogP contribution in [0.1, 0.15) is 83.4 Å². The van der Waals surface area contributed by atoms with Gasteiger partial charge < -0.3 is 10.2 Å². The van der Waals surface area contributed by atoms with Crippen molar-refractivity contribution in [2.24, 2.45) is 17.8 Å². The van der Waals surface area contributed by atoms with E-state index in [2.05, 4.69) is 6.92 Å². The zero-order valence-electron chi connectivity index (χ0n) is 21.5. The molecule has 0 bridgehead atoms. The third-order valence-corrected chi connectivity index (χ3v) is 6.71. The Labute approximate surface area is 203 Å². The summed E-state index contributed by atoms with van der Waals surface area (Å²) < 4.78 is 0. The molecule has 186 valence electrons. The molecular weight excluding hydrogens is 428 g/mol. The van der Waals surface area contributed by atoms with Gasteiger partial charge in [-0.3, -0.25) is 14.4 Å². The van der Waals surface area contributed by atoms with Crippen LogP contribution in [0.5, 0.6) is 11.5 Å². The molecule has 0 spiro atoms. The van der Waals surface area contributed by atoms with Gasteiger partial charge in [0.1, 0.15) is 28.8 Å². The van der Waals surface area contributed by atoms with Crippen LogP contribution in [0.25, 0.3) is 10.8 Å². The number of ketones is 3. The minimum atomic E-state index is -0.267. The first-order chi connectivity index (χ1) is 16.0. The van der Waals surface area contributed by atoms with Gasteiger partial charge in [-0.25, -0.2) is 0 Å². The third kappa shape index (κ3) is 6.68. The van der Waals surface area contributed by atoms with E-state index in [1.807, 2.05) is 33.8 Å². The highest BCUT2D eigenvalue weighted by atomic mass is 16.3. The number of carbonyl (C=O) groups excluding carboxylic acids is 3. The number of carbonyl (C=O) groups is 3. The van der Waals surface area contributed by atoms with Crippen molar-refractivity contribution in [1.29, 1.82) is 0 Å². The smallest absolute Gasteiger partial charge is 0.143 e. The summed E-state index contributed by atoms with van der Waals surface area (Å²) in [6, 6.07) is 5.22. The summed E-state index contributed by atoms with van der Waals surface area (Å²) in [6.07, 6.45) is 3.48. The number of hydrogen-bond acceptors (Lipinski definition) is 5. The number of benzene rings is 2. The number of Topliss-reactive ketones (excluding diaryl/α,β-unsaturated/α-hetero) is 3. The maximum Gasteiger partial charge on any atom is 0.143 e. The highest BCUT2D eigenvalue weighted by molar-refractivity contribution is 5.99. The molecule has 5 nitrogen and oxygen atoms in total. The quantitative estimate of drug-likeness (QED) is 0.268. The molecule has 0 aromatic heterocycles. The van der Waals surface area contributed by atoms with E-state index in [0.29, 0.717) is 47.9 Å². The second-order valence-electron chi connectivity index (χ2n) is 10.1. The standard InChI is InChI=1S/C29H40O5/c1-7-9-21(24(8-2)26(32)13-18(5)30)14-22-16-27(33)28-19(6)20(10-11-25(28)29(22)34)15-23(31)12-17(3)4/h10-11,16-17,21,24,33-34H,7-9,12-15H2,1-6H3. The first kappa shape index (κ1) is 27.6. The summed E-state index contributed by atoms with van der Waals surface area (Å²) in [4.78, 5) is 36.6. The fraction of sp³-hybridized carbons (Fsp3) is 0.552. The summed E-state index contributed by atoms with van der Waals surface area (Å²) in [5.74, 6) is 0.130. The van der Waals surface area contributed by atoms with Crippen molar-refractivity contribution in [3.63, 3.8) is 0 Å². The van der Waals surface area contributed by atoms with Crippen molar-refractivity contribution in [2.75, 3.05) is 0 Å². The zero-order chi connectivity index (χ0) is 25.6. The van der Waals surface area contributed by atoms with Gasteiger partial charge in [0.25, 0.3) is 0 Å². The summed E-state index contributed by atoms with van der Waals surface area (Å²) >= 11 is 0. The van der Waals surface area contributed by atoms with Crippen LogP contribution < -0.4 is 0 Å². The van der Waals surface area contributed by atoms with Gasteiger partial charge in [-0.15, -0.1) is 0 Å². The van der Waals surface area contributed by atoms with Crippen LogP contribution in [0.3, 0.4) is 0 Å². The zero-order valence-corrected chi connectivity index (χ0v) is 21.5. The number of rotatable bonds is 13. The Morgan fingerprint density at radius 1 is 1.03 bits per heavy atom. The van der Waals surface area contributed by atoms with E-state index in [9.17, 15) is 24.6 Å². The topological polar surface area (TPSA) is 91.7 Å². The van der Waals surface area contributed by atoms with E-state index in [1.54, 1.807) is 12.1 Å². The Kier molecular flexibility index (Phi) is 9.84. The van der Waals surface area contributed by atoms with Crippen LogP contribution in [-0.4, -0.2) is 27.6 Å². The Bertz CT molecular complexity index is 1050. The molecule has 0 aliphatic carbocycles. The Morgan fingerprint density at radius 2 is 1.71 bits per heavy atom. The van der Waals surface area contributed by atoms with Crippen molar-refractivity contribution in [1.82, 2.24) is 0 Å². The van der Waals surface area contributed by atoms with E-state index in [4.69, 9.17) is 0 Å². The Balaban J connectivity index is 2.44. The molecule has 2 aromatic carbocycles. The van der Waals surface area contributed by atoms with E-state index in [0.717, 1.165) is 24.0 Å². The summed E-state index contributed by atoms with van der Waals surface area (Å²) in [5, 5.41) is 23.2. The number of aromatic hydroxyl groups is 2. The number of hydrogen-bond donors (Lipinski definition) is 2. The molecule has 34 heavy (non-hydrogen) atoms. The van der Waals surface area contributed by atoms with Crippen LogP contribution >= 0.6 is 0 Å². The number of phenolic OH excluding ortho intramolecular Hbond substituents is 2. The number of aryl methyl sites for hydroxylation is 1. The lowest BCUT2D eigenvalue weighted by Gasteiger charge is -2.26. The van der Waals surface area contributed by atoms with Crippen molar-refractivity contribution < 1.29 is 24.6 Å². The molecule has 2 N–H and O–H groups in total. The monoisotopic (exact) mass is 468 g/mol. The molecule has 0 aliphatic heterocycles. The van der Waals surface area contributed by atoms with Gasteiger partial charge in [0.15, 0.2) is 0 Å². The Hall–Kier alpha value is -2.69. The number of fused-ring (bicyclic) bond motifs is 1. The maximum atomic E-state index is 12.7. The molecule has 2 aromatic rings. The SMILES string of the molecule is CCCC(Cc1cc(O)c2c(C)c(CC(=O)CC(C)C)ccc2c1O)C(CC)C(=O)CC(C)=O. The van der Waals surface area contributed by atoms with E-state index >= 15 is 0 Å². The maximum absolute atomic E-state index is 12.7. The second-order valence-corrected chi connectivity index (χ2v) is 10.1. The van der Waals surface area contributed by atoms with Crippen LogP contribution in [0.4, 0.5) is 0 Å². The van der Waals surface area contributed by atoms with Gasteiger partial charge in [-0.1, -0.05) is 46.2 Å². The van der Waals surface area contributed by atoms with Gasteiger partial charge in [0, 0.05) is 29.5 Å². The molecule has 0 amide bonds. The van der Waals surface area contributed by atoms with Gasteiger partial charge in [-0.2, -0.15) is 0 Å². The predicted octanol–water partition coefficient (Wildman–Crippen LogP) is 6.25. The van der Waals surface area contributed by atoms with Gasteiger partial charge >= 0.3 is 0 Å². The molecule has 0 saturated carbocycles. The summed E-state index contributed by atoms with van der Waals surface area (Å²) in [6.45, 7) is 11.3. The van der Waals surface area contributed by atoms with Gasteiger partial charge in [0.05, 0.1) is 6.42 Å². The minimum absolute atomic E-state index is 0.0291. The fourth-order valence-corrected chi connectivity index (χ4v) is 5.15. The average molecular weight is 469 g/mol. The molecular formula is C29H40O5. The second kappa shape index (κ2) is 12.1. The van der Waals surface area contributed by atoms with Crippen molar-refractivity contribution in [2.45, 2.75) is 86.5 Å². The molecule has 0 saturated heterocycles. The lowest BCUT2D eigenvalue weighted by Crippen LogP contribution is -2.26. The lowest BCUT2D eigenvalue weighted by atomic mass is 9.78. The van der Waals surface area contributed by atoms with E-state index < -0.39 is 0 Å². The molecule has 5 heteroatoms. The van der Waals surface area contributed by atoms with Crippen molar-refractivity contribution in [3.8, 4) is 11.5 Å². The molecule has 2 atom stereocenters. The van der Waals surface area contributed by atoms with Crippen molar-refractivity contribution in [3.05, 3.63) is 34.9 Å². The summed E-state index contributed by atoms with van der Waals surface area (Å²) in [5.41, 5.74) is 2.24. The third-order valence-electron chi connectivity index (χ3n) is 6.71. The number of phenols is 2. The van der Waals surface area contributed by atoms with Crippen LogP contribution in [0.2, 0.25) is 0 Å². The predicted molar refractivity (Wildman–Crippen MR) is 136 cm³/mol. The van der Waals surface area contributed by atoms with Crippen LogP contribution in [0.15, 0.2) is 18.2 Å². The molecule has 0 heterocycles. The minimum Gasteiger partial charge on any atom is -0.507 e. The largest absolute Gasteiger partial charge is 0.507 e. The summed E-state index contributed by atoms with van der Waals surface area (Å²) in [7, 11) is 0. The normalized spacial score (nSPS) is 13.3. The van der Waals surface area contributed by atoms with Crippen LogP contribution in [0, 0.1) is 24.7 Å². The van der Waals surface area contributed by atoms with Crippen molar-refractivity contribution >= 4 is 28.1 Å². The molecule has 2 unspecified atom stereocenters. The highest BCUT2D eigenvalue weighted by Crippen LogP contribution is 2.41. The lowest BCUT2D eigenvalue weighted by molar-refractivity contribution is -0.129. The van der Waals surface area contributed by atoms with E-state index in [1.165, 1.54) is 6.92 Å². The van der Waals surface area contributed by atoms with Crippen LogP contribution in [-0.2, 0) is 27.2 Å². The first-order valence-corrected chi connectivity index (χ1v) is 12.5. The van der Waals surface area contributed by atoms with E-state index in [-0.39, 0.29) is 47.1 Å². The molecule has 2 rings (SSSR count). The first-order valence-electron chi connectivity index (χ1n) is 12.5. The average Bonchev–Trinajstić information content (AvgIpc) is 2.72. The van der Waals surface area contributed by atoms with Gasteiger partial charge in [0.2, 0.25) is 0 Å².